The van der Waals surface area contributed by atoms with Crippen LogP contribution in [0.1, 0.15) is 27.2 Å². The third-order valence-corrected chi connectivity index (χ3v) is 4.25. The minimum absolute atomic E-state index is 0.230. The van der Waals surface area contributed by atoms with E-state index in [2.05, 4.69) is 31.0 Å². The molecule has 1 saturated heterocycles. The molecule has 106 valence electrons. The zero-order chi connectivity index (χ0) is 14.0. The molecule has 1 aromatic carbocycles. The first-order chi connectivity index (χ1) is 8.88. The highest BCUT2D eigenvalue weighted by Crippen LogP contribution is 2.31. The van der Waals surface area contributed by atoms with Crippen LogP contribution in [0.4, 0.5) is 5.69 Å². The molecule has 1 unspecified atom stereocenters. The summed E-state index contributed by atoms with van der Waals surface area (Å²) in [5.41, 5.74) is 1.28. The van der Waals surface area contributed by atoms with Crippen molar-refractivity contribution in [1.29, 1.82) is 0 Å². The summed E-state index contributed by atoms with van der Waals surface area (Å²) >= 11 is 12.4. The highest BCUT2D eigenvalue weighted by atomic mass is 35.5. The highest BCUT2D eigenvalue weighted by molar-refractivity contribution is 6.35. The van der Waals surface area contributed by atoms with Crippen LogP contribution in [0.15, 0.2) is 18.2 Å². The van der Waals surface area contributed by atoms with Crippen LogP contribution in [-0.2, 0) is 0 Å². The van der Waals surface area contributed by atoms with E-state index in [1.807, 2.05) is 18.2 Å². The Morgan fingerprint density at radius 3 is 2.68 bits per heavy atom. The molecule has 0 bridgehead atoms. The molecule has 0 spiro atoms. The van der Waals surface area contributed by atoms with E-state index in [0.717, 1.165) is 41.8 Å². The molecule has 0 aliphatic carbocycles. The Bertz CT molecular complexity index is 440. The van der Waals surface area contributed by atoms with Gasteiger partial charge in [0.2, 0.25) is 0 Å². The largest absolute Gasteiger partial charge is 0.369 e. The lowest BCUT2D eigenvalue weighted by Gasteiger charge is -2.35. The number of nitrogens with one attached hydrogen (secondary N) is 1. The molecule has 4 heteroatoms. The third-order valence-electron chi connectivity index (χ3n) is 3.69. The molecule has 1 atom stereocenters. The lowest BCUT2D eigenvalue weighted by molar-refractivity contribution is 0.280. The van der Waals surface area contributed by atoms with E-state index in [1.165, 1.54) is 0 Å². The van der Waals surface area contributed by atoms with Gasteiger partial charge in [0.05, 0.1) is 10.7 Å². The van der Waals surface area contributed by atoms with Crippen molar-refractivity contribution in [1.82, 2.24) is 5.32 Å². The molecule has 0 amide bonds. The SMILES string of the molecule is CC(C)(C)C1CN(c2cc(Cl)ccc2Cl)CCCN1. The maximum absolute atomic E-state index is 6.32. The summed E-state index contributed by atoms with van der Waals surface area (Å²) in [7, 11) is 0. The van der Waals surface area contributed by atoms with E-state index in [1.54, 1.807) is 0 Å². The van der Waals surface area contributed by atoms with Crippen molar-refractivity contribution in [2.75, 3.05) is 24.5 Å². The Labute approximate surface area is 126 Å². The van der Waals surface area contributed by atoms with Crippen molar-refractivity contribution in [2.45, 2.75) is 33.2 Å². The summed E-state index contributed by atoms with van der Waals surface area (Å²) in [4.78, 5) is 2.35. The molecule has 0 radical (unpaired) electrons. The van der Waals surface area contributed by atoms with Crippen molar-refractivity contribution < 1.29 is 0 Å². The Kier molecular flexibility index (Phi) is 4.65. The van der Waals surface area contributed by atoms with E-state index in [9.17, 15) is 0 Å². The molecular formula is C15H22Cl2N2. The smallest absolute Gasteiger partial charge is 0.0640 e. The van der Waals surface area contributed by atoms with Crippen LogP contribution in [0.5, 0.6) is 0 Å². The Morgan fingerprint density at radius 1 is 1.26 bits per heavy atom. The topological polar surface area (TPSA) is 15.3 Å². The zero-order valence-corrected chi connectivity index (χ0v) is 13.4. The third kappa shape index (κ3) is 3.77. The van der Waals surface area contributed by atoms with Crippen LogP contribution < -0.4 is 10.2 Å². The highest BCUT2D eigenvalue weighted by Gasteiger charge is 2.28. The molecule has 1 aliphatic rings. The van der Waals surface area contributed by atoms with E-state index in [-0.39, 0.29) is 5.41 Å². The van der Waals surface area contributed by atoms with Crippen LogP contribution >= 0.6 is 23.2 Å². The summed E-state index contributed by atoms with van der Waals surface area (Å²) in [5.74, 6) is 0. The lowest BCUT2D eigenvalue weighted by atomic mass is 9.86. The quantitative estimate of drug-likeness (QED) is 0.836. The summed E-state index contributed by atoms with van der Waals surface area (Å²) in [6.07, 6.45) is 1.12. The monoisotopic (exact) mass is 300 g/mol. The van der Waals surface area contributed by atoms with Crippen molar-refractivity contribution >= 4 is 28.9 Å². The van der Waals surface area contributed by atoms with Gasteiger partial charge in [0, 0.05) is 24.2 Å². The fourth-order valence-electron chi connectivity index (χ4n) is 2.45. The number of hydrogen-bond donors (Lipinski definition) is 1. The minimum Gasteiger partial charge on any atom is -0.369 e. The first-order valence-electron chi connectivity index (χ1n) is 6.81. The number of benzene rings is 1. The fourth-order valence-corrected chi connectivity index (χ4v) is 2.85. The maximum Gasteiger partial charge on any atom is 0.0640 e. The molecule has 0 aromatic heterocycles. The van der Waals surface area contributed by atoms with E-state index in [0.29, 0.717) is 6.04 Å². The van der Waals surface area contributed by atoms with Gasteiger partial charge in [0.15, 0.2) is 0 Å². The average molecular weight is 301 g/mol. The van der Waals surface area contributed by atoms with Crippen molar-refractivity contribution in [3.8, 4) is 0 Å². The molecule has 19 heavy (non-hydrogen) atoms. The van der Waals surface area contributed by atoms with Gasteiger partial charge in [0.1, 0.15) is 0 Å². The van der Waals surface area contributed by atoms with Crippen molar-refractivity contribution in [3.05, 3.63) is 28.2 Å². The van der Waals surface area contributed by atoms with Gasteiger partial charge in [0.25, 0.3) is 0 Å². The van der Waals surface area contributed by atoms with Crippen molar-refractivity contribution in [3.63, 3.8) is 0 Å². The summed E-state index contributed by atoms with van der Waals surface area (Å²) in [5, 5.41) is 5.15. The number of hydrogen-bond acceptors (Lipinski definition) is 2. The second-order valence-corrected chi connectivity index (χ2v) is 7.11. The zero-order valence-electron chi connectivity index (χ0n) is 11.8. The summed E-state index contributed by atoms with van der Waals surface area (Å²) in [6.45, 7) is 9.84. The summed E-state index contributed by atoms with van der Waals surface area (Å²) in [6, 6.07) is 6.13. The summed E-state index contributed by atoms with van der Waals surface area (Å²) < 4.78 is 0. The molecular weight excluding hydrogens is 279 g/mol. The molecule has 2 nitrogen and oxygen atoms in total. The second kappa shape index (κ2) is 5.90. The van der Waals surface area contributed by atoms with Crippen LogP contribution in [0.25, 0.3) is 0 Å². The predicted molar refractivity (Wildman–Crippen MR) is 84.5 cm³/mol. The van der Waals surface area contributed by atoms with Crippen LogP contribution in [0.2, 0.25) is 10.0 Å². The first kappa shape index (κ1) is 15.0. The van der Waals surface area contributed by atoms with E-state index in [4.69, 9.17) is 23.2 Å². The minimum atomic E-state index is 0.230. The normalized spacial score (nSPS) is 21.3. The van der Waals surface area contributed by atoms with Gasteiger partial charge in [-0.25, -0.2) is 0 Å². The van der Waals surface area contributed by atoms with Crippen LogP contribution in [0.3, 0.4) is 0 Å². The maximum atomic E-state index is 6.32. The number of rotatable bonds is 1. The van der Waals surface area contributed by atoms with Gasteiger partial charge in [-0.3, -0.25) is 0 Å². The number of halogens is 2. The van der Waals surface area contributed by atoms with Crippen LogP contribution in [-0.4, -0.2) is 25.7 Å². The van der Waals surface area contributed by atoms with E-state index < -0.39 is 0 Å². The molecule has 1 heterocycles. The average Bonchev–Trinajstić information content (AvgIpc) is 2.57. The van der Waals surface area contributed by atoms with Gasteiger partial charge in [-0.1, -0.05) is 44.0 Å². The molecule has 1 aromatic rings. The van der Waals surface area contributed by atoms with Gasteiger partial charge in [-0.15, -0.1) is 0 Å². The van der Waals surface area contributed by atoms with Gasteiger partial charge in [-0.2, -0.15) is 0 Å². The first-order valence-corrected chi connectivity index (χ1v) is 7.57. The van der Waals surface area contributed by atoms with Crippen molar-refractivity contribution in [2.24, 2.45) is 5.41 Å². The van der Waals surface area contributed by atoms with Gasteiger partial charge < -0.3 is 10.2 Å². The molecule has 1 fully saturated rings. The molecule has 0 saturated carbocycles. The molecule has 2 rings (SSSR count). The molecule has 1 aliphatic heterocycles. The predicted octanol–water partition coefficient (Wildman–Crippen LogP) is 4.21. The number of anilines is 1. The Morgan fingerprint density at radius 2 is 2.00 bits per heavy atom. The fraction of sp³-hybridized carbons (Fsp3) is 0.600. The van der Waals surface area contributed by atoms with Crippen LogP contribution in [0, 0.1) is 5.41 Å². The second-order valence-electron chi connectivity index (χ2n) is 6.27. The lowest BCUT2D eigenvalue weighted by Crippen LogP contribution is -2.46. The molecule has 1 N–H and O–H groups in total. The van der Waals surface area contributed by atoms with E-state index >= 15 is 0 Å². The number of nitrogens with zero attached hydrogens (tertiary/aromatic N) is 1. The standard InChI is InChI=1S/C15H22Cl2N2/c1-15(2,3)14-10-19(8-4-7-18-14)13-9-11(16)5-6-12(13)17/h5-6,9,14,18H,4,7-8,10H2,1-3H3. The van der Waals surface area contributed by atoms with Gasteiger partial charge in [-0.05, 0) is 36.6 Å². The van der Waals surface area contributed by atoms with Gasteiger partial charge >= 0.3 is 0 Å². The Balaban J connectivity index is 2.25. The Hall–Kier alpha value is -0.440.